The summed E-state index contributed by atoms with van der Waals surface area (Å²) in [7, 11) is 0. The SMILES string of the molecule is CCCC(N)C(=O)NC(CN1CCCC1=O)c1ccccc1.Cl. The van der Waals surface area contributed by atoms with Gasteiger partial charge >= 0.3 is 0 Å². The van der Waals surface area contributed by atoms with E-state index in [0.29, 0.717) is 19.4 Å². The van der Waals surface area contributed by atoms with Crippen LogP contribution in [-0.4, -0.2) is 35.8 Å². The Bertz CT molecular complexity index is 510. The Balaban J connectivity index is 0.00000264. The molecule has 2 amide bonds. The van der Waals surface area contributed by atoms with E-state index in [4.69, 9.17) is 5.73 Å². The fraction of sp³-hybridized carbons (Fsp3) is 0.529. The standard InChI is InChI=1S/C17H25N3O2.ClH/c1-2-7-14(18)17(22)19-15(13-8-4-3-5-9-13)12-20-11-6-10-16(20)21;/h3-5,8-9,14-15H,2,6-7,10-12,18H2,1H3,(H,19,22);1H. The van der Waals surface area contributed by atoms with E-state index in [1.807, 2.05) is 42.2 Å². The number of benzene rings is 1. The van der Waals surface area contributed by atoms with Gasteiger partial charge < -0.3 is 16.0 Å². The molecule has 0 aliphatic carbocycles. The van der Waals surface area contributed by atoms with Crippen molar-refractivity contribution < 1.29 is 9.59 Å². The maximum atomic E-state index is 12.2. The molecule has 2 rings (SSSR count). The molecule has 1 aromatic carbocycles. The number of carbonyl (C=O) groups is 2. The van der Waals surface area contributed by atoms with Gasteiger partial charge in [0.25, 0.3) is 0 Å². The third kappa shape index (κ3) is 5.52. The molecule has 1 aromatic rings. The Labute approximate surface area is 144 Å². The van der Waals surface area contributed by atoms with Crippen LogP contribution in [0.25, 0.3) is 0 Å². The lowest BCUT2D eigenvalue weighted by molar-refractivity contribution is -0.129. The zero-order valence-electron chi connectivity index (χ0n) is 13.5. The molecule has 0 saturated carbocycles. The zero-order valence-corrected chi connectivity index (χ0v) is 14.3. The van der Waals surface area contributed by atoms with E-state index in [-0.39, 0.29) is 30.3 Å². The first kappa shape index (κ1) is 19.5. The fourth-order valence-corrected chi connectivity index (χ4v) is 2.76. The van der Waals surface area contributed by atoms with Crippen LogP contribution in [0.2, 0.25) is 0 Å². The number of nitrogens with zero attached hydrogens (tertiary/aromatic N) is 1. The second-order valence-electron chi connectivity index (χ2n) is 5.81. The summed E-state index contributed by atoms with van der Waals surface area (Å²) in [5.74, 6) is 0.00962. The lowest BCUT2D eigenvalue weighted by atomic mass is 10.1. The Morgan fingerprint density at radius 3 is 2.61 bits per heavy atom. The average molecular weight is 340 g/mol. The first-order chi connectivity index (χ1) is 10.6. The molecule has 1 aliphatic rings. The third-order valence-electron chi connectivity index (χ3n) is 4.03. The second-order valence-corrected chi connectivity index (χ2v) is 5.81. The van der Waals surface area contributed by atoms with Crippen LogP contribution < -0.4 is 11.1 Å². The van der Waals surface area contributed by atoms with Crippen LogP contribution in [0.3, 0.4) is 0 Å². The molecule has 23 heavy (non-hydrogen) atoms. The molecule has 6 heteroatoms. The first-order valence-corrected chi connectivity index (χ1v) is 8.00. The van der Waals surface area contributed by atoms with Crippen LogP contribution in [0, 0.1) is 0 Å². The van der Waals surface area contributed by atoms with E-state index in [1.165, 1.54) is 0 Å². The summed E-state index contributed by atoms with van der Waals surface area (Å²) >= 11 is 0. The van der Waals surface area contributed by atoms with E-state index >= 15 is 0 Å². The van der Waals surface area contributed by atoms with Gasteiger partial charge in [0, 0.05) is 19.5 Å². The molecule has 0 spiro atoms. The van der Waals surface area contributed by atoms with Gasteiger partial charge in [-0.1, -0.05) is 43.7 Å². The van der Waals surface area contributed by atoms with Gasteiger partial charge in [-0.15, -0.1) is 12.4 Å². The minimum Gasteiger partial charge on any atom is -0.346 e. The van der Waals surface area contributed by atoms with Crippen molar-refractivity contribution in [2.24, 2.45) is 5.73 Å². The van der Waals surface area contributed by atoms with E-state index in [9.17, 15) is 9.59 Å². The number of hydrogen-bond acceptors (Lipinski definition) is 3. The molecule has 0 aromatic heterocycles. The maximum Gasteiger partial charge on any atom is 0.237 e. The summed E-state index contributed by atoms with van der Waals surface area (Å²) in [4.78, 5) is 25.9. The van der Waals surface area contributed by atoms with Crippen molar-refractivity contribution in [3.8, 4) is 0 Å². The van der Waals surface area contributed by atoms with Gasteiger partial charge in [0.05, 0.1) is 12.1 Å². The number of amides is 2. The van der Waals surface area contributed by atoms with Crippen LogP contribution in [0.15, 0.2) is 30.3 Å². The normalized spacial score (nSPS) is 16.6. The number of nitrogens with one attached hydrogen (secondary N) is 1. The van der Waals surface area contributed by atoms with Crippen LogP contribution in [-0.2, 0) is 9.59 Å². The molecule has 5 nitrogen and oxygen atoms in total. The smallest absolute Gasteiger partial charge is 0.237 e. The molecule has 3 N–H and O–H groups in total. The molecule has 1 fully saturated rings. The monoisotopic (exact) mass is 339 g/mol. The summed E-state index contributed by atoms with van der Waals surface area (Å²) in [6.07, 6.45) is 3.03. The van der Waals surface area contributed by atoms with Crippen molar-refractivity contribution in [1.82, 2.24) is 10.2 Å². The van der Waals surface area contributed by atoms with Crippen LogP contribution >= 0.6 is 12.4 Å². The number of nitrogens with two attached hydrogens (primary N) is 1. The summed E-state index contributed by atoms with van der Waals surface area (Å²) in [5, 5.41) is 3.01. The van der Waals surface area contributed by atoms with Gasteiger partial charge in [0.1, 0.15) is 0 Å². The molecule has 1 aliphatic heterocycles. The predicted octanol–water partition coefficient (Wildman–Crippen LogP) is 2.02. The van der Waals surface area contributed by atoms with Crippen LogP contribution in [0.5, 0.6) is 0 Å². The van der Waals surface area contributed by atoms with Crippen LogP contribution in [0.4, 0.5) is 0 Å². The highest BCUT2D eigenvalue weighted by atomic mass is 35.5. The van der Waals surface area contributed by atoms with Crippen molar-refractivity contribution in [3.63, 3.8) is 0 Å². The summed E-state index contributed by atoms with van der Waals surface area (Å²) in [6, 6.07) is 9.04. The summed E-state index contributed by atoms with van der Waals surface area (Å²) < 4.78 is 0. The van der Waals surface area contributed by atoms with E-state index in [0.717, 1.165) is 24.9 Å². The zero-order chi connectivity index (χ0) is 15.9. The average Bonchev–Trinajstić information content (AvgIpc) is 2.93. The third-order valence-corrected chi connectivity index (χ3v) is 4.03. The second kappa shape index (κ2) is 9.53. The molecule has 128 valence electrons. The number of rotatable bonds is 7. The Hall–Kier alpha value is -1.59. The quantitative estimate of drug-likeness (QED) is 0.798. The highest BCUT2D eigenvalue weighted by Gasteiger charge is 2.26. The minimum atomic E-state index is -0.495. The Kier molecular flexibility index (Phi) is 8.06. The molecular formula is C17H26ClN3O2. The number of likely N-dealkylation sites (tertiary alicyclic amines) is 1. The van der Waals surface area contributed by atoms with E-state index in [2.05, 4.69) is 5.32 Å². The molecule has 2 atom stereocenters. The molecule has 0 bridgehead atoms. The minimum absolute atomic E-state index is 0. The number of hydrogen-bond donors (Lipinski definition) is 2. The largest absolute Gasteiger partial charge is 0.346 e. The van der Waals surface area contributed by atoms with Gasteiger partial charge in [-0.3, -0.25) is 9.59 Å². The molecule has 0 radical (unpaired) electrons. The molecule has 1 saturated heterocycles. The Morgan fingerprint density at radius 1 is 1.35 bits per heavy atom. The highest BCUT2D eigenvalue weighted by molar-refractivity contribution is 5.85. The summed E-state index contributed by atoms with van der Waals surface area (Å²) in [5.41, 5.74) is 6.90. The lowest BCUT2D eigenvalue weighted by Gasteiger charge is -2.26. The van der Waals surface area contributed by atoms with Crippen LogP contribution in [0.1, 0.15) is 44.2 Å². The first-order valence-electron chi connectivity index (χ1n) is 8.00. The fourth-order valence-electron chi connectivity index (χ4n) is 2.76. The topological polar surface area (TPSA) is 75.4 Å². The van der Waals surface area contributed by atoms with Crippen molar-refractivity contribution in [1.29, 1.82) is 0 Å². The molecule has 2 unspecified atom stereocenters. The van der Waals surface area contributed by atoms with Crippen molar-refractivity contribution in [3.05, 3.63) is 35.9 Å². The van der Waals surface area contributed by atoms with Crippen molar-refractivity contribution >= 4 is 24.2 Å². The lowest BCUT2D eigenvalue weighted by Crippen LogP contribution is -2.45. The number of halogens is 1. The highest BCUT2D eigenvalue weighted by Crippen LogP contribution is 2.18. The van der Waals surface area contributed by atoms with Gasteiger partial charge in [-0.25, -0.2) is 0 Å². The Morgan fingerprint density at radius 2 is 2.04 bits per heavy atom. The van der Waals surface area contributed by atoms with Gasteiger partial charge in [0.15, 0.2) is 0 Å². The van der Waals surface area contributed by atoms with Gasteiger partial charge in [-0.2, -0.15) is 0 Å². The molecule has 1 heterocycles. The summed E-state index contributed by atoms with van der Waals surface area (Å²) in [6.45, 7) is 3.27. The van der Waals surface area contributed by atoms with E-state index < -0.39 is 6.04 Å². The van der Waals surface area contributed by atoms with Crippen molar-refractivity contribution in [2.75, 3.05) is 13.1 Å². The van der Waals surface area contributed by atoms with Gasteiger partial charge in [0.2, 0.25) is 11.8 Å². The molecular weight excluding hydrogens is 314 g/mol. The predicted molar refractivity (Wildman–Crippen MR) is 93.3 cm³/mol. The maximum absolute atomic E-state index is 12.2. The number of carbonyl (C=O) groups excluding carboxylic acids is 2. The van der Waals surface area contributed by atoms with E-state index in [1.54, 1.807) is 0 Å². The van der Waals surface area contributed by atoms with Gasteiger partial charge in [-0.05, 0) is 18.4 Å². The van der Waals surface area contributed by atoms with Crippen molar-refractivity contribution in [2.45, 2.75) is 44.7 Å².